The first-order valence-electron chi connectivity index (χ1n) is 12.0. The number of aliphatic imine (C=N–C) groups is 1. The number of hydrogen-bond donors (Lipinski definition) is 1. The second kappa shape index (κ2) is 10.4. The molecule has 0 radical (unpaired) electrons. The number of fused-ring (bicyclic) bond motifs is 1. The molecule has 2 heterocycles. The van der Waals surface area contributed by atoms with Gasteiger partial charge in [0.25, 0.3) is 5.91 Å². The smallest absolute Gasteiger partial charge is 0.283 e. The van der Waals surface area contributed by atoms with E-state index in [0.717, 1.165) is 16.7 Å². The molecule has 3 aromatic rings. The number of nitrogens with zero attached hydrogens (tertiary/aromatic N) is 3. The number of thioether (sulfide) groups is 1. The Kier molecular flexibility index (Phi) is 6.92. The van der Waals surface area contributed by atoms with Gasteiger partial charge in [-0.1, -0.05) is 66.2 Å². The monoisotopic (exact) mass is 510 g/mol. The summed E-state index contributed by atoms with van der Waals surface area (Å²) in [6.45, 7) is 6.37. The normalized spacial score (nSPS) is 16.8. The number of hydrogen-bond acceptors (Lipinski definition) is 6. The summed E-state index contributed by atoms with van der Waals surface area (Å²) in [6.07, 6.45) is 1.47. The van der Waals surface area contributed by atoms with Gasteiger partial charge in [-0.2, -0.15) is 15.1 Å². The number of carbonyl (C=O) groups excluding carboxylic acids is 1. The van der Waals surface area contributed by atoms with E-state index in [-0.39, 0.29) is 17.5 Å². The molecule has 37 heavy (non-hydrogen) atoms. The Hall–Kier alpha value is -4.17. The standard InChI is InChI=1S/C29H26N4O3S/c1-4-35-25-17-20(12-15-24(25)36-19(3)21-8-6-5-7-9-21)16-23-26(30)33-29(31-27(23)34)37-28(32-33)22-13-10-18(2)11-14-22/h5-17,19,30H,4H2,1-3H3/b23-16-,30-26?. The van der Waals surface area contributed by atoms with Crippen molar-refractivity contribution in [1.29, 1.82) is 5.41 Å². The van der Waals surface area contributed by atoms with Crippen molar-refractivity contribution in [3.05, 3.63) is 101 Å². The van der Waals surface area contributed by atoms with E-state index >= 15 is 0 Å². The van der Waals surface area contributed by atoms with Gasteiger partial charge in [-0.15, -0.1) is 0 Å². The number of rotatable bonds is 7. The van der Waals surface area contributed by atoms with E-state index in [2.05, 4.69) is 10.1 Å². The van der Waals surface area contributed by atoms with Gasteiger partial charge in [0.1, 0.15) is 11.1 Å². The summed E-state index contributed by atoms with van der Waals surface area (Å²) in [6, 6.07) is 23.4. The van der Waals surface area contributed by atoms with Gasteiger partial charge in [0.05, 0.1) is 12.2 Å². The van der Waals surface area contributed by atoms with Gasteiger partial charge in [-0.25, -0.2) is 0 Å². The molecule has 7 nitrogen and oxygen atoms in total. The maximum absolute atomic E-state index is 12.9. The minimum atomic E-state index is -0.472. The van der Waals surface area contributed by atoms with Crippen molar-refractivity contribution in [3.8, 4) is 11.5 Å². The highest BCUT2D eigenvalue weighted by molar-refractivity contribution is 8.27. The Morgan fingerprint density at radius 3 is 2.54 bits per heavy atom. The number of amidine groups is 2. The van der Waals surface area contributed by atoms with Gasteiger partial charge in [-0.3, -0.25) is 10.2 Å². The summed E-state index contributed by atoms with van der Waals surface area (Å²) in [4.78, 5) is 17.1. The molecule has 186 valence electrons. The largest absolute Gasteiger partial charge is 0.490 e. The average molecular weight is 511 g/mol. The number of carbonyl (C=O) groups is 1. The van der Waals surface area contributed by atoms with Crippen molar-refractivity contribution in [2.24, 2.45) is 10.1 Å². The van der Waals surface area contributed by atoms with Crippen LogP contribution in [-0.2, 0) is 4.79 Å². The summed E-state index contributed by atoms with van der Waals surface area (Å²) in [5, 5.41) is 15.7. The Labute approximate surface area is 220 Å². The molecule has 0 spiro atoms. The fourth-order valence-electron chi connectivity index (χ4n) is 3.93. The molecule has 0 aromatic heterocycles. The molecule has 0 aliphatic carbocycles. The summed E-state index contributed by atoms with van der Waals surface area (Å²) >= 11 is 1.28. The molecular weight excluding hydrogens is 484 g/mol. The average Bonchev–Trinajstić information content (AvgIpc) is 3.33. The van der Waals surface area contributed by atoms with E-state index in [0.29, 0.717) is 33.9 Å². The third kappa shape index (κ3) is 5.20. The lowest BCUT2D eigenvalue weighted by Crippen LogP contribution is -2.35. The highest BCUT2D eigenvalue weighted by Gasteiger charge is 2.36. The van der Waals surface area contributed by atoms with E-state index in [1.807, 2.05) is 93.6 Å². The van der Waals surface area contributed by atoms with Crippen molar-refractivity contribution in [2.45, 2.75) is 26.9 Å². The van der Waals surface area contributed by atoms with Gasteiger partial charge >= 0.3 is 0 Å². The third-order valence-electron chi connectivity index (χ3n) is 5.90. The van der Waals surface area contributed by atoms with E-state index < -0.39 is 5.91 Å². The van der Waals surface area contributed by atoms with E-state index in [1.165, 1.54) is 16.8 Å². The van der Waals surface area contributed by atoms with Crippen LogP contribution >= 0.6 is 11.8 Å². The van der Waals surface area contributed by atoms with E-state index in [9.17, 15) is 4.79 Å². The van der Waals surface area contributed by atoms with Crippen molar-refractivity contribution in [3.63, 3.8) is 0 Å². The number of amides is 1. The lowest BCUT2D eigenvalue weighted by Gasteiger charge is -2.20. The Morgan fingerprint density at radius 2 is 1.81 bits per heavy atom. The fourth-order valence-corrected chi connectivity index (χ4v) is 4.83. The van der Waals surface area contributed by atoms with Crippen LogP contribution in [0, 0.1) is 12.3 Å². The van der Waals surface area contributed by atoms with Crippen molar-refractivity contribution < 1.29 is 14.3 Å². The van der Waals surface area contributed by atoms with Crippen LogP contribution in [0.15, 0.2) is 88.5 Å². The highest BCUT2D eigenvalue weighted by Crippen LogP contribution is 2.35. The van der Waals surface area contributed by atoms with Gasteiger partial charge in [0.2, 0.25) is 5.17 Å². The van der Waals surface area contributed by atoms with Crippen LogP contribution in [0.3, 0.4) is 0 Å². The molecule has 1 amide bonds. The van der Waals surface area contributed by atoms with Crippen LogP contribution < -0.4 is 9.47 Å². The van der Waals surface area contributed by atoms with E-state index in [4.69, 9.17) is 14.9 Å². The maximum Gasteiger partial charge on any atom is 0.283 e. The zero-order valence-electron chi connectivity index (χ0n) is 20.8. The zero-order chi connectivity index (χ0) is 25.9. The molecule has 2 aliphatic rings. The second-order valence-corrected chi connectivity index (χ2v) is 9.56. The van der Waals surface area contributed by atoms with Gasteiger partial charge in [0.15, 0.2) is 17.3 Å². The Morgan fingerprint density at radius 1 is 1.05 bits per heavy atom. The maximum atomic E-state index is 12.9. The number of aryl methyl sites for hydroxylation is 1. The fraction of sp³-hybridized carbons (Fsp3) is 0.172. The summed E-state index contributed by atoms with van der Waals surface area (Å²) in [7, 11) is 0. The molecule has 1 N–H and O–H groups in total. The van der Waals surface area contributed by atoms with Gasteiger partial charge in [0, 0.05) is 5.56 Å². The molecule has 5 rings (SSSR count). The topological polar surface area (TPSA) is 87.3 Å². The van der Waals surface area contributed by atoms with Crippen LogP contribution in [0.2, 0.25) is 0 Å². The van der Waals surface area contributed by atoms with Crippen molar-refractivity contribution in [1.82, 2.24) is 5.01 Å². The predicted molar refractivity (Wildman–Crippen MR) is 148 cm³/mol. The molecule has 8 heteroatoms. The van der Waals surface area contributed by atoms with E-state index in [1.54, 1.807) is 6.08 Å². The molecular formula is C29H26N4O3S. The molecule has 1 atom stereocenters. The second-order valence-electron chi connectivity index (χ2n) is 8.60. The van der Waals surface area contributed by atoms with Crippen LogP contribution in [0.25, 0.3) is 6.08 Å². The molecule has 0 fully saturated rings. The first kappa shape index (κ1) is 24.5. The zero-order valence-corrected chi connectivity index (χ0v) is 21.6. The summed E-state index contributed by atoms with van der Waals surface area (Å²) in [5.41, 5.74) is 3.98. The number of hydrazone groups is 1. The Balaban J connectivity index is 1.41. The van der Waals surface area contributed by atoms with Gasteiger partial charge < -0.3 is 9.47 Å². The van der Waals surface area contributed by atoms with Crippen molar-refractivity contribution in [2.75, 3.05) is 6.61 Å². The minimum absolute atomic E-state index is 0.0133. The predicted octanol–water partition coefficient (Wildman–Crippen LogP) is 6.20. The molecule has 3 aromatic carbocycles. The van der Waals surface area contributed by atoms with Crippen LogP contribution in [0.5, 0.6) is 11.5 Å². The summed E-state index contributed by atoms with van der Waals surface area (Å²) in [5.74, 6) is 0.685. The SMILES string of the molecule is CCOc1cc(/C=C2/C(=N)N3N=C(c4ccc(C)cc4)SC3=NC2=O)ccc1OC(C)c1ccccc1. The molecule has 2 aliphatic heterocycles. The lowest BCUT2D eigenvalue weighted by atomic mass is 10.1. The minimum Gasteiger partial charge on any atom is -0.490 e. The van der Waals surface area contributed by atoms with Crippen LogP contribution in [0.1, 0.15) is 42.2 Å². The van der Waals surface area contributed by atoms with Gasteiger partial charge in [-0.05, 0) is 61.9 Å². The molecule has 0 saturated heterocycles. The first-order valence-corrected chi connectivity index (χ1v) is 12.8. The summed E-state index contributed by atoms with van der Waals surface area (Å²) < 4.78 is 12.0. The van der Waals surface area contributed by atoms with Crippen molar-refractivity contribution >= 4 is 39.8 Å². The molecule has 1 unspecified atom stereocenters. The third-order valence-corrected chi connectivity index (χ3v) is 6.86. The number of benzene rings is 3. The Bertz CT molecular complexity index is 1450. The van der Waals surface area contributed by atoms with Crippen LogP contribution in [0.4, 0.5) is 0 Å². The molecule has 0 saturated carbocycles. The number of nitrogens with one attached hydrogen (secondary N) is 1. The lowest BCUT2D eigenvalue weighted by molar-refractivity contribution is -0.114. The highest BCUT2D eigenvalue weighted by atomic mass is 32.2. The quantitative estimate of drug-likeness (QED) is 0.382. The first-order chi connectivity index (χ1) is 17.9. The number of ether oxygens (including phenoxy) is 2. The molecule has 0 bridgehead atoms. The van der Waals surface area contributed by atoms with Crippen LogP contribution in [-0.4, -0.2) is 33.6 Å².